The van der Waals surface area contributed by atoms with Gasteiger partial charge in [0.05, 0.1) is 32.0 Å². The lowest BCUT2D eigenvalue weighted by Gasteiger charge is -2.13. The minimum absolute atomic E-state index is 0.230. The Balaban J connectivity index is 2.07. The highest BCUT2D eigenvalue weighted by atomic mass is 35.5. The molecule has 10 heteroatoms. The highest BCUT2D eigenvalue weighted by Crippen LogP contribution is 2.34. The summed E-state index contributed by atoms with van der Waals surface area (Å²) in [4.78, 5) is 16.8. The van der Waals surface area contributed by atoms with E-state index < -0.39 is 5.91 Å². The number of ether oxygens (including phenoxy) is 2. The van der Waals surface area contributed by atoms with Gasteiger partial charge in [-0.3, -0.25) is 10.1 Å². The van der Waals surface area contributed by atoms with Gasteiger partial charge in [-0.15, -0.1) is 5.10 Å². The topological polar surface area (TPSA) is 110 Å². The van der Waals surface area contributed by atoms with Gasteiger partial charge in [-0.2, -0.15) is 5.26 Å². The minimum Gasteiger partial charge on any atom is -0.494 e. The number of hydrogen-bond donors (Lipinski definition) is 1. The molecule has 0 unspecified atom stereocenters. The zero-order valence-corrected chi connectivity index (χ0v) is 15.8. The van der Waals surface area contributed by atoms with Crippen LogP contribution in [0.2, 0.25) is 5.15 Å². The highest BCUT2D eigenvalue weighted by molar-refractivity contribution is 7.17. The Hall–Kier alpha value is -3.22. The molecule has 0 atom stereocenters. The molecule has 3 aromatic rings. The molecule has 0 aliphatic heterocycles. The highest BCUT2D eigenvalue weighted by Gasteiger charge is 2.19. The molecule has 27 heavy (non-hydrogen) atoms. The van der Waals surface area contributed by atoms with E-state index in [0.717, 1.165) is 11.3 Å². The van der Waals surface area contributed by atoms with Crippen molar-refractivity contribution in [3.05, 3.63) is 46.7 Å². The fraction of sp³-hybridized carbons (Fsp3) is 0.118. The van der Waals surface area contributed by atoms with Crippen LogP contribution in [0.5, 0.6) is 10.9 Å². The van der Waals surface area contributed by atoms with Crippen LogP contribution in [0.4, 0.5) is 5.13 Å². The molecule has 2 heterocycles. The Morgan fingerprint density at radius 1 is 1.22 bits per heavy atom. The standard InChI is InChI=1S/C17H12ClN5O3S/c1-25-13-8-20-14(18)6-12(13)11-5-9(7-19)3-4-10(11)15(24)21-16-22-23-17(26-2)27-16/h3-6,8H,1-2H3,(H,21,22,24). The molecule has 0 aliphatic rings. The second-order valence-corrected chi connectivity index (χ2v) is 6.44. The van der Waals surface area contributed by atoms with Gasteiger partial charge in [-0.25, -0.2) is 4.98 Å². The number of rotatable bonds is 5. The van der Waals surface area contributed by atoms with Crippen LogP contribution in [0.15, 0.2) is 30.5 Å². The predicted octanol–water partition coefficient (Wildman–Crippen LogP) is 3.39. The number of halogens is 1. The Bertz CT molecular complexity index is 1050. The first-order valence-electron chi connectivity index (χ1n) is 7.48. The maximum Gasteiger partial charge on any atom is 0.295 e. The zero-order chi connectivity index (χ0) is 19.4. The molecule has 0 spiro atoms. The number of nitrogens with zero attached hydrogens (tertiary/aromatic N) is 4. The van der Waals surface area contributed by atoms with Gasteiger partial charge >= 0.3 is 0 Å². The molecule has 1 aromatic carbocycles. The number of anilines is 1. The lowest BCUT2D eigenvalue weighted by atomic mass is 9.97. The molecule has 2 aromatic heterocycles. The molecule has 0 saturated heterocycles. The smallest absolute Gasteiger partial charge is 0.295 e. The third-order valence-electron chi connectivity index (χ3n) is 3.54. The summed E-state index contributed by atoms with van der Waals surface area (Å²) < 4.78 is 10.3. The summed E-state index contributed by atoms with van der Waals surface area (Å²) in [6.45, 7) is 0. The Morgan fingerprint density at radius 3 is 2.70 bits per heavy atom. The summed E-state index contributed by atoms with van der Waals surface area (Å²) in [5.41, 5.74) is 1.71. The van der Waals surface area contributed by atoms with Crippen molar-refractivity contribution in [2.75, 3.05) is 19.5 Å². The fourth-order valence-corrected chi connectivity index (χ4v) is 3.05. The SMILES string of the molecule is COc1nnc(NC(=O)c2ccc(C#N)cc2-c2cc(Cl)ncc2OC)s1. The summed E-state index contributed by atoms with van der Waals surface area (Å²) >= 11 is 7.11. The number of nitrogens with one attached hydrogen (secondary N) is 1. The fourth-order valence-electron chi connectivity index (χ4n) is 2.33. The van der Waals surface area contributed by atoms with Crippen molar-refractivity contribution in [3.8, 4) is 28.1 Å². The molecular weight excluding hydrogens is 390 g/mol. The van der Waals surface area contributed by atoms with E-state index in [-0.39, 0.29) is 10.3 Å². The van der Waals surface area contributed by atoms with Crippen LogP contribution in [-0.4, -0.2) is 35.3 Å². The van der Waals surface area contributed by atoms with Crippen LogP contribution < -0.4 is 14.8 Å². The second-order valence-electron chi connectivity index (χ2n) is 5.11. The minimum atomic E-state index is -0.428. The van der Waals surface area contributed by atoms with E-state index in [1.165, 1.54) is 20.4 Å². The number of aromatic nitrogens is 3. The quantitative estimate of drug-likeness (QED) is 0.652. The average Bonchev–Trinajstić information content (AvgIpc) is 3.14. The summed E-state index contributed by atoms with van der Waals surface area (Å²) in [5.74, 6) is -0.00981. The summed E-state index contributed by atoms with van der Waals surface area (Å²) in [7, 11) is 2.94. The third-order valence-corrected chi connectivity index (χ3v) is 4.55. The maximum absolute atomic E-state index is 12.8. The normalized spacial score (nSPS) is 10.1. The zero-order valence-electron chi connectivity index (χ0n) is 14.2. The molecule has 136 valence electrons. The van der Waals surface area contributed by atoms with Crippen LogP contribution in [0.25, 0.3) is 11.1 Å². The van der Waals surface area contributed by atoms with Crippen LogP contribution in [0.3, 0.4) is 0 Å². The second kappa shape index (κ2) is 7.99. The molecular formula is C17H12ClN5O3S. The molecule has 1 amide bonds. The van der Waals surface area contributed by atoms with Gasteiger partial charge < -0.3 is 9.47 Å². The lowest BCUT2D eigenvalue weighted by Crippen LogP contribution is -2.13. The number of nitriles is 1. The molecule has 0 aliphatic carbocycles. The number of carbonyl (C=O) groups is 1. The number of methoxy groups -OCH3 is 2. The number of hydrogen-bond acceptors (Lipinski definition) is 8. The molecule has 8 nitrogen and oxygen atoms in total. The Kier molecular flexibility index (Phi) is 5.49. The van der Waals surface area contributed by atoms with Crippen LogP contribution in [0, 0.1) is 11.3 Å². The van der Waals surface area contributed by atoms with Crippen molar-refractivity contribution in [2.24, 2.45) is 0 Å². The van der Waals surface area contributed by atoms with E-state index in [9.17, 15) is 10.1 Å². The van der Waals surface area contributed by atoms with Crippen molar-refractivity contribution < 1.29 is 14.3 Å². The molecule has 0 fully saturated rings. The first-order chi connectivity index (χ1) is 13.0. The van der Waals surface area contributed by atoms with Gasteiger partial charge in [-0.05, 0) is 41.2 Å². The van der Waals surface area contributed by atoms with Gasteiger partial charge in [0, 0.05) is 11.1 Å². The van der Waals surface area contributed by atoms with Crippen LogP contribution in [0.1, 0.15) is 15.9 Å². The average molecular weight is 402 g/mol. The predicted molar refractivity (Wildman–Crippen MR) is 100 cm³/mol. The summed E-state index contributed by atoms with van der Waals surface area (Å²) in [5, 5.41) is 20.4. The molecule has 1 N–H and O–H groups in total. The molecule has 0 saturated carbocycles. The first-order valence-corrected chi connectivity index (χ1v) is 8.68. The monoisotopic (exact) mass is 401 g/mol. The van der Waals surface area contributed by atoms with Crippen molar-refractivity contribution in [1.29, 1.82) is 5.26 Å². The summed E-state index contributed by atoms with van der Waals surface area (Å²) in [6.07, 6.45) is 1.45. The Morgan fingerprint density at radius 2 is 2.04 bits per heavy atom. The number of pyridine rings is 1. The van der Waals surface area contributed by atoms with Gasteiger partial charge in [0.1, 0.15) is 10.9 Å². The van der Waals surface area contributed by atoms with E-state index in [1.807, 2.05) is 0 Å². The van der Waals surface area contributed by atoms with Crippen LogP contribution >= 0.6 is 22.9 Å². The van der Waals surface area contributed by atoms with Crippen molar-refractivity contribution in [2.45, 2.75) is 0 Å². The van der Waals surface area contributed by atoms with E-state index in [0.29, 0.717) is 33.2 Å². The van der Waals surface area contributed by atoms with Gasteiger partial charge in [0.2, 0.25) is 5.13 Å². The summed E-state index contributed by atoms with van der Waals surface area (Å²) in [6, 6.07) is 8.32. The molecule has 3 rings (SSSR count). The van der Waals surface area contributed by atoms with E-state index in [4.69, 9.17) is 21.1 Å². The van der Waals surface area contributed by atoms with E-state index >= 15 is 0 Å². The number of amides is 1. The van der Waals surface area contributed by atoms with Crippen molar-refractivity contribution in [3.63, 3.8) is 0 Å². The van der Waals surface area contributed by atoms with Crippen molar-refractivity contribution >= 4 is 34.0 Å². The number of carbonyl (C=O) groups excluding carboxylic acids is 1. The maximum atomic E-state index is 12.8. The molecule has 0 bridgehead atoms. The molecule has 0 radical (unpaired) electrons. The Labute approximate surface area is 163 Å². The van der Waals surface area contributed by atoms with Gasteiger partial charge in [-0.1, -0.05) is 16.7 Å². The van der Waals surface area contributed by atoms with E-state index in [1.54, 1.807) is 24.3 Å². The third kappa shape index (κ3) is 3.97. The van der Waals surface area contributed by atoms with Gasteiger partial charge in [0.25, 0.3) is 11.1 Å². The van der Waals surface area contributed by atoms with Gasteiger partial charge in [0.15, 0.2) is 0 Å². The first kappa shape index (κ1) is 18.6. The van der Waals surface area contributed by atoms with Crippen LogP contribution in [-0.2, 0) is 0 Å². The van der Waals surface area contributed by atoms with E-state index in [2.05, 4.69) is 26.6 Å². The van der Waals surface area contributed by atoms with Crippen molar-refractivity contribution in [1.82, 2.24) is 15.2 Å². The lowest BCUT2D eigenvalue weighted by molar-refractivity contribution is 0.102. The largest absolute Gasteiger partial charge is 0.494 e. The number of benzene rings is 1.